The molecule has 0 bridgehead atoms. The lowest BCUT2D eigenvalue weighted by atomic mass is 10.1. The van der Waals surface area contributed by atoms with Gasteiger partial charge in [0.05, 0.1) is 5.75 Å². The summed E-state index contributed by atoms with van der Waals surface area (Å²) in [5.74, 6) is 0.399. The standard InChI is InChI=1S/C19H17ClN4O2S/c1-23-18-16(11-22-19(23)20)17(15-7-9-21-10-8-15)12-24(18)27(25,26)13-14-5-3-2-4-6-14/h2-12,19H,13H2,1H3. The minimum absolute atomic E-state index is 0.108. The zero-order valence-electron chi connectivity index (χ0n) is 14.5. The Morgan fingerprint density at radius 1 is 1.11 bits per heavy atom. The molecule has 1 aromatic carbocycles. The molecule has 6 nitrogen and oxygen atoms in total. The lowest BCUT2D eigenvalue weighted by molar-refractivity contribution is 0.586. The van der Waals surface area contributed by atoms with E-state index in [1.54, 1.807) is 48.9 Å². The van der Waals surface area contributed by atoms with Gasteiger partial charge < -0.3 is 4.90 Å². The van der Waals surface area contributed by atoms with Crippen LogP contribution in [-0.4, -0.2) is 36.3 Å². The molecule has 0 aliphatic carbocycles. The van der Waals surface area contributed by atoms with Gasteiger partial charge >= 0.3 is 0 Å². The Morgan fingerprint density at radius 2 is 1.81 bits per heavy atom. The van der Waals surface area contributed by atoms with Gasteiger partial charge in [0, 0.05) is 43.0 Å². The SMILES string of the molecule is CN1c2c(c(-c3ccncc3)cn2S(=O)(=O)Cc2ccccc2)C=NC1Cl. The number of nitrogens with zero attached hydrogens (tertiary/aromatic N) is 4. The first-order valence-corrected chi connectivity index (χ1v) is 10.3. The molecule has 0 saturated heterocycles. The van der Waals surface area contributed by atoms with Crippen molar-refractivity contribution in [1.82, 2.24) is 8.96 Å². The summed E-state index contributed by atoms with van der Waals surface area (Å²) in [5.41, 5.74) is 2.41. The molecular formula is C19H17ClN4O2S. The van der Waals surface area contributed by atoms with Crippen LogP contribution < -0.4 is 4.90 Å². The Kier molecular flexibility index (Phi) is 4.49. The van der Waals surface area contributed by atoms with Gasteiger partial charge in [0.1, 0.15) is 5.82 Å². The predicted octanol–water partition coefficient (Wildman–Crippen LogP) is 3.32. The highest BCUT2D eigenvalue weighted by molar-refractivity contribution is 7.89. The van der Waals surface area contributed by atoms with Crippen molar-refractivity contribution in [2.24, 2.45) is 4.99 Å². The molecule has 0 amide bonds. The minimum Gasteiger partial charge on any atom is -0.325 e. The first kappa shape index (κ1) is 17.8. The van der Waals surface area contributed by atoms with Crippen molar-refractivity contribution in [2.45, 2.75) is 11.4 Å². The first-order valence-electron chi connectivity index (χ1n) is 8.30. The maximum absolute atomic E-state index is 13.2. The summed E-state index contributed by atoms with van der Waals surface area (Å²) in [6, 6.07) is 12.8. The summed E-state index contributed by atoms with van der Waals surface area (Å²) in [7, 11) is -1.93. The third-order valence-corrected chi connectivity index (χ3v) is 6.43. The molecule has 4 rings (SSSR count). The number of fused-ring (bicyclic) bond motifs is 1. The summed E-state index contributed by atoms with van der Waals surface area (Å²) in [4.78, 5) is 9.95. The number of anilines is 1. The number of benzene rings is 1. The fourth-order valence-electron chi connectivity index (χ4n) is 3.12. The molecule has 0 radical (unpaired) electrons. The topological polar surface area (TPSA) is 67.6 Å². The van der Waals surface area contributed by atoms with Crippen LogP contribution in [0.3, 0.4) is 0 Å². The number of aromatic nitrogens is 2. The summed E-state index contributed by atoms with van der Waals surface area (Å²) >= 11 is 6.24. The summed E-state index contributed by atoms with van der Waals surface area (Å²) in [6.07, 6.45) is 6.62. The average molecular weight is 401 g/mol. The predicted molar refractivity (Wildman–Crippen MR) is 108 cm³/mol. The molecule has 8 heteroatoms. The largest absolute Gasteiger partial charge is 0.325 e. The summed E-state index contributed by atoms with van der Waals surface area (Å²) < 4.78 is 27.7. The molecule has 2 aromatic heterocycles. The Labute approximate surface area is 162 Å². The molecule has 0 fully saturated rings. The Balaban J connectivity index is 1.88. The van der Waals surface area contributed by atoms with E-state index in [1.165, 1.54) is 3.97 Å². The van der Waals surface area contributed by atoms with Gasteiger partial charge in [-0.2, -0.15) is 0 Å². The molecule has 1 unspecified atom stereocenters. The number of hydrogen-bond donors (Lipinski definition) is 0. The smallest absolute Gasteiger partial charge is 0.244 e. The maximum atomic E-state index is 13.2. The van der Waals surface area contributed by atoms with Crippen molar-refractivity contribution >= 4 is 33.7 Å². The zero-order chi connectivity index (χ0) is 19.0. The van der Waals surface area contributed by atoms with Crippen molar-refractivity contribution in [3.63, 3.8) is 0 Å². The second kappa shape index (κ2) is 6.83. The maximum Gasteiger partial charge on any atom is 0.244 e. The molecule has 0 spiro atoms. The van der Waals surface area contributed by atoms with Crippen LogP contribution in [0.4, 0.5) is 5.82 Å². The van der Waals surface area contributed by atoms with Gasteiger partial charge in [-0.05, 0) is 23.3 Å². The van der Waals surface area contributed by atoms with Crippen LogP contribution >= 0.6 is 11.6 Å². The Morgan fingerprint density at radius 3 is 2.52 bits per heavy atom. The number of rotatable bonds is 4. The number of hydrogen-bond acceptors (Lipinski definition) is 5. The zero-order valence-corrected chi connectivity index (χ0v) is 16.1. The van der Waals surface area contributed by atoms with E-state index in [0.717, 1.165) is 22.3 Å². The van der Waals surface area contributed by atoms with Crippen LogP contribution in [0, 0.1) is 0 Å². The van der Waals surface area contributed by atoms with Gasteiger partial charge in [-0.15, -0.1) is 0 Å². The molecule has 27 heavy (non-hydrogen) atoms. The van der Waals surface area contributed by atoms with E-state index in [0.29, 0.717) is 5.82 Å². The Bertz CT molecular complexity index is 1100. The van der Waals surface area contributed by atoms with Gasteiger partial charge in [0.15, 0.2) is 5.62 Å². The lowest BCUT2D eigenvalue weighted by Crippen LogP contribution is -2.32. The van der Waals surface area contributed by atoms with E-state index in [1.807, 2.05) is 30.3 Å². The fourth-order valence-corrected chi connectivity index (χ4v) is 4.78. The second-order valence-corrected chi connectivity index (χ2v) is 8.49. The van der Waals surface area contributed by atoms with Gasteiger partial charge in [-0.25, -0.2) is 12.4 Å². The van der Waals surface area contributed by atoms with Crippen LogP contribution in [0.1, 0.15) is 11.1 Å². The quantitative estimate of drug-likeness (QED) is 0.497. The first-order chi connectivity index (χ1) is 13.0. The van der Waals surface area contributed by atoms with Crippen molar-refractivity contribution < 1.29 is 8.42 Å². The van der Waals surface area contributed by atoms with E-state index in [2.05, 4.69) is 9.98 Å². The molecule has 1 aliphatic heterocycles. The summed E-state index contributed by atoms with van der Waals surface area (Å²) in [5, 5.41) is 0. The van der Waals surface area contributed by atoms with Crippen molar-refractivity contribution in [3.8, 4) is 11.1 Å². The fraction of sp³-hybridized carbons (Fsp3) is 0.158. The van der Waals surface area contributed by atoms with Crippen LogP contribution in [-0.2, 0) is 15.8 Å². The molecule has 1 aliphatic rings. The van der Waals surface area contributed by atoms with Crippen molar-refractivity contribution in [3.05, 3.63) is 72.2 Å². The molecule has 138 valence electrons. The van der Waals surface area contributed by atoms with Crippen molar-refractivity contribution in [1.29, 1.82) is 0 Å². The van der Waals surface area contributed by atoms with Crippen LogP contribution in [0.2, 0.25) is 0 Å². The van der Waals surface area contributed by atoms with E-state index in [9.17, 15) is 8.42 Å². The second-order valence-electron chi connectivity index (χ2n) is 6.25. The number of alkyl halides is 1. The average Bonchev–Trinajstić information content (AvgIpc) is 3.07. The molecule has 1 atom stereocenters. The molecule has 3 heterocycles. The number of halogens is 1. The molecular weight excluding hydrogens is 384 g/mol. The monoisotopic (exact) mass is 400 g/mol. The normalized spacial score (nSPS) is 16.4. The third-order valence-electron chi connectivity index (χ3n) is 4.45. The molecule has 0 saturated carbocycles. The van der Waals surface area contributed by atoms with Crippen LogP contribution in [0.5, 0.6) is 0 Å². The number of pyridine rings is 1. The van der Waals surface area contributed by atoms with E-state index < -0.39 is 15.6 Å². The van der Waals surface area contributed by atoms with E-state index in [4.69, 9.17) is 11.6 Å². The Hall–Kier alpha value is -2.64. The molecule has 0 N–H and O–H groups in total. The number of aliphatic imine (C=N–C) groups is 1. The van der Waals surface area contributed by atoms with Gasteiger partial charge in [-0.3, -0.25) is 9.98 Å². The highest BCUT2D eigenvalue weighted by Gasteiger charge is 2.30. The van der Waals surface area contributed by atoms with Crippen LogP contribution in [0.15, 0.2) is 66.0 Å². The molecule has 3 aromatic rings. The van der Waals surface area contributed by atoms with Gasteiger partial charge in [0.25, 0.3) is 0 Å². The lowest BCUT2D eigenvalue weighted by Gasteiger charge is -2.27. The van der Waals surface area contributed by atoms with Gasteiger partial charge in [0.2, 0.25) is 10.0 Å². The van der Waals surface area contributed by atoms with Gasteiger partial charge in [-0.1, -0.05) is 41.9 Å². The minimum atomic E-state index is -3.66. The van der Waals surface area contributed by atoms with Crippen LogP contribution in [0.25, 0.3) is 11.1 Å². The van der Waals surface area contributed by atoms with E-state index >= 15 is 0 Å². The highest BCUT2D eigenvalue weighted by Crippen LogP contribution is 2.37. The highest BCUT2D eigenvalue weighted by atomic mass is 35.5. The van der Waals surface area contributed by atoms with E-state index in [-0.39, 0.29) is 5.75 Å². The van der Waals surface area contributed by atoms with Crippen molar-refractivity contribution in [2.75, 3.05) is 11.9 Å². The summed E-state index contributed by atoms with van der Waals surface area (Å²) in [6.45, 7) is 0. The third kappa shape index (κ3) is 3.24.